The minimum atomic E-state index is -4.39. The van der Waals surface area contributed by atoms with Gasteiger partial charge in [0.25, 0.3) is 29.5 Å². The van der Waals surface area contributed by atoms with E-state index in [0.717, 1.165) is 41.2 Å². The van der Waals surface area contributed by atoms with Crippen molar-refractivity contribution in [3.63, 3.8) is 0 Å². The number of oxazole rings is 1. The highest BCUT2D eigenvalue weighted by Crippen LogP contribution is 2.46. The van der Waals surface area contributed by atoms with Crippen molar-refractivity contribution in [1.29, 1.82) is 0 Å². The van der Waals surface area contributed by atoms with Crippen molar-refractivity contribution in [2.75, 3.05) is 65.4 Å². The summed E-state index contributed by atoms with van der Waals surface area (Å²) in [6.45, 7) is 5.68. The van der Waals surface area contributed by atoms with Gasteiger partial charge in [-0.2, -0.15) is 76.1 Å². The van der Waals surface area contributed by atoms with E-state index in [-0.39, 0.29) is 76.0 Å². The number of aromatic amines is 2. The van der Waals surface area contributed by atoms with Crippen LogP contribution >= 0.6 is 11.6 Å². The average molecular weight is 1920 g/mol. The molecule has 15 aromatic rings. The van der Waals surface area contributed by atoms with E-state index in [1.807, 2.05) is 30.3 Å². The molecular formula is C99H88ClF15N16O6. The minimum Gasteiger partial charge on any atom is -0.432 e. The lowest BCUT2D eigenvalue weighted by molar-refractivity contribution is -0.139. The monoisotopic (exact) mass is 1920 g/mol. The lowest BCUT2D eigenvalue weighted by Gasteiger charge is -2.33. The maximum atomic E-state index is 13.3. The highest BCUT2D eigenvalue weighted by Gasteiger charge is 2.43. The van der Waals surface area contributed by atoms with Gasteiger partial charge in [0.05, 0.1) is 44.6 Å². The number of rotatable bonds is 10. The van der Waals surface area contributed by atoms with Crippen LogP contribution in [0, 0.1) is 6.92 Å². The van der Waals surface area contributed by atoms with Gasteiger partial charge >= 0.3 is 36.8 Å². The van der Waals surface area contributed by atoms with E-state index in [2.05, 4.69) is 45.1 Å². The van der Waals surface area contributed by atoms with Crippen LogP contribution in [-0.4, -0.2) is 174 Å². The van der Waals surface area contributed by atoms with Gasteiger partial charge < -0.3 is 38.9 Å². The highest BCUT2D eigenvalue weighted by molar-refractivity contribution is 6.29. The van der Waals surface area contributed by atoms with E-state index < -0.39 is 58.7 Å². The fourth-order valence-corrected chi connectivity index (χ4v) is 18.8. The molecule has 712 valence electrons. The maximum Gasteiger partial charge on any atom is 0.416 e. The molecule has 5 aliphatic rings. The fourth-order valence-electron chi connectivity index (χ4n) is 18.6. The Bertz CT molecular complexity index is 6490. The van der Waals surface area contributed by atoms with Gasteiger partial charge in [-0.3, -0.25) is 24.0 Å². The second kappa shape index (κ2) is 40.5. The Kier molecular flexibility index (Phi) is 28.4. The van der Waals surface area contributed by atoms with Crippen molar-refractivity contribution in [3.8, 4) is 0 Å². The number of fused-ring (bicyclic) bond motifs is 5. The number of piperidine rings is 5. The summed E-state index contributed by atoms with van der Waals surface area (Å²) in [5.74, 6) is -1.97. The number of para-hydroxylation sites is 3. The summed E-state index contributed by atoms with van der Waals surface area (Å²) in [5.41, 5.74) is 4.78. The van der Waals surface area contributed by atoms with Crippen LogP contribution in [0.15, 0.2) is 235 Å². The van der Waals surface area contributed by atoms with E-state index in [9.17, 15) is 89.8 Å². The number of hydrogen-bond donors (Lipinski definition) is 2. The second-order valence-electron chi connectivity index (χ2n) is 33.9. The van der Waals surface area contributed by atoms with Crippen molar-refractivity contribution < 1.29 is 94.2 Å². The molecule has 22 nitrogen and oxygen atoms in total. The molecule has 0 atom stereocenters. The Labute approximate surface area is 777 Å². The van der Waals surface area contributed by atoms with E-state index >= 15 is 0 Å². The summed E-state index contributed by atoms with van der Waals surface area (Å²) in [7, 11) is 0. The number of nitrogens with zero attached hydrogens (tertiary/aromatic N) is 14. The molecule has 0 bridgehead atoms. The van der Waals surface area contributed by atoms with Crippen molar-refractivity contribution in [3.05, 3.63) is 326 Å². The maximum absolute atomic E-state index is 13.3. The number of H-pyrrole nitrogens is 2. The zero-order valence-electron chi connectivity index (χ0n) is 73.2. The number of aromatic nitrogens is 11. The Morgan fingerprint density at radius 2 is 0.774 bits per heavy atom. The Hall–Kier alpha value is -14.0. The zero-order chi connectivity index (χ0) is 96.8. The second-order valence-corrected chi connectivity index (χ2v) is 34.3. The predicted octanol–water partition coefficient (Wildman–Crippen LogP) is 22.6. The van der Waals surface area contributed by atoms with Crippen LogP contribution in [0.5, 0.6) is 0 Å². The summed E-state index contributed by atoms with van der Waals surface area (Å²) in [4.78, 5) is 99.2. The van der Waals surface area contributed by atoms with Crippen LogP contribution in [-0.2, 0) is 30.9 Å². The molecule has 20 rings (SSSR count). The number of likely N-dealkylation sites (tertiary alicyclic amines) is 5. The van der Waals surface area contributed by atoms with Crippen LogP contribution in [0.1, 0.15) is 208 Å². The van der Waals surface area contributed by atoms with Crippen molar-refractivity contribution in [2.24, 2.45) is 0 Å². The molecule has 2 N–H and O–H groups in total. The molecule has 5 saturated heterocycles. The third-order valence-electron chi connectivity index (χ3n) is 25.5. The van der Waals surface area contributed by atoms with Crippen LogP contribution < -0.4 is 0 Å². The van der Waals surface area contributed by atoms with Gasteiger partial charge in [0.1, 0.15) is 16.4 Å². The summed E-state index contributed by atoms with van der Waals surface area (Å²) in [5, 5.41) is 9.52. The molecule has 0 saturated carbocycles. The first-order valence-electron chi connectivity index (χ1n) is 44.3. The van der Waals surface area contributed by atoms with Gasteiger partial charge in [0.2, 0.25) is 0 Å². The molecule has 8 aromatic heterocycles. The molecule has 13 heterocycles. The normalized spacial score (nSPS) is 16.0. The summed E-state index contributed by atoms with van der Waals surface area (Å²) < 4.78 is 207. The number of benzene rings is 7. The molecule has 0 radical (unpaired) electrons. The number of carbonyl (C=O) groups is 5. The van der Waals surface area contributed by atoms with Gasteiger partial charge in [-0.25, -0.2) is 34.0 Å². The van der Waals surface area contributed by atoms with Gasteiger partial charge in [-0.05, 0) is 213 Å². The molecule has 5 amide bonds. The van der Waals surface area contributed by atoms with Crippen LogP contribution in [0.4, 0.5) is 65.9 Å². The molecule has 137 heavy (non-hydrogen) atoms. The molecule has 0 unspecified atom stereocenters. The number of amides is 5. The average Bonchev–Trinajstić information content (AvgIpc) is 1.73. The van der Waals surface area contributed by atoms with Gasteiger partial charge in [-0.1, -0.05) is 133 Å². The van der Waals surface area contributed by atoms with Gasteiger partial charge in [0.15, 0.2) is 34.0 Å². The quantitative estimate of drug-likeness (QED) is 0.121. The fraction of sp³-hybridized carbons (Fsp3) is 0.313. The Balaban J connectivity index is 0.000000124. The van der Waals surface area contributed by atoms with Gasteiger partial charge in [-0.15, -0.1) is 0 Å². The van der Waals surface area contributed by atoms with Crippen LogP contribution in [0.2, 0.25) is 5.15 Å². The van der Waals surface area contributed by atoms with Crippen molar-refractivity contribution in [1.82, 2.24) is 78.6 Å². The number of alkyl halides is 15. The van der Waals surface area contributed by atoms with E-state index in [1.165, 1.54) is 57.6 Å². The first-order chi connectivity index (χ1) is 65.5. The number of hydrogen-bond acceptors (Lipinski definition) is 13. The lowest BCUT2D eigenvalue weighted by Crippen LogP contribution is -2.39. The topological polar surface area (TPSA) is 245 Å². The standard InChI is InChI=1S/C21H19F3N2O.C20H18ClF3N4O.C20H17F3N2O2.2C19H17F3N4O/c22-21(23,24)18-7-3-1-5-15(18)14-9-11-26(12-10-14)20(27)17-13-25-19-8-4-2-6-16(17)19;1-12-18(28-17(25-12)7-6-16(21)26-28)19(29)27-10-8-13(9-11-27)14-4-2-3-5-15(14)20(22,23)24;21-20(22,23)15-6-2-1-5-14(15)13-9-11-25(12-10-13)19(26)18-24-16-7-3-4-8-17(16)27-18;20-19(21,22)14-5-2-1-4-13(14)12-7-10-26(11-8-12)18(27)17-24-15-6-3-9-23-16(15)25-17;20-19(21,22)15-4-2-1-3-14(15)13-7-10-25(11-8-13)18(27)16-5-6-17-23-9-12-26(17)24-16/h1-8,13-14,25H,9-12H2;2-7,13H,8-11H2,1H3;1-8,13H,9-12H2;1-6,9,12H,7-8,10-11H2,(H,23,24,25);1-6,9,12-13H,7-8,10-11H2. The summed E-state index contributed by atoms with van der Waals surface area (Å²) in [6.07, 6.45) is -10.4. The predicted molar refractivity (Wildman–Crippen MR) is 479 cm³/mol. The smallest absolute Gasteiger partial charge is 0.416 e. The lowest BCUT2D eigenvalue weighted by atomic mass is 9.86. The SMILES string of the molecule is Cc1nc2ccc(Cl)nn2c1C(=O)N1CCC(c2ccccc2C(F)(F)F)CC1.O=C(c1c[nH]c2ccccc12)N1CCC(c2ccccc2C(F)(F)F)CC1.O=C(c1ccc2nccn2n1)N1CCC(c2ccccc2C(F)(F)F)CC1.O=C(c1nc2ccccc2o1)N1CCC(c2ccccc2C(F)(F)F)CC1.O=C(c1nc2ncccc2[nH]1)N1CCC(c2ccccc2C(F)(F)F)CC1. The largest absolute Gasteiger partial charge is 0.432 e. The third kappa shape index (κ3) is 21.9. The summed E-state index contributed by atoms with van der Waals surface area (Å²) in [6, 6.07) is 53.3. The first-order valence-corrected chi connectivity index (χ1v) is 44.7. The zero-order valence-corrected chi connectivity index (χ0v) is 74.0. The van der Waals surface area contributed by atoms with E-state index in [0.29, 0.717) is 214 Å². The first kappa shape index (κ1) is 96.1. The summed E-state index contributed by atoms with van der Waals surface area (Å²) >= 11 is 5.95. The highest BCUT2D eigenvalue weighted by atomic mass is 35.5. The third-order valence-corrected chi connectivity index (χ3v) is 25.7. The van der Waals surface area contributed by atoms with E-state index in [4.69, 9.17) is 16.0 Å². The Morgan fingerprint density at radius 1 is 0.380 bits per heavy atom. The van der Waals surface area contributed by atoms with E-state index in [1.54, 1.807) is 153 Å². The number of halogens is 16. The van der Waals surface area contributed by atoms with Gasteiger partial charge in [0, 0.05) is 101 Å². The number of carbonyl (C=O) groups excluding carboxylic acids is 5. The molecule has 0 spiro atoms. The van der Waals surface area contributed by atoms with Crippen LogP contribution in [0.25, 0.3) is 44.5 Å². The number of nitrogens with one attached hydrogen (secondary N) is 2. The molecule has 7 aromatic carbocycles. The molecule has 0 aliphatic carbocycles. The molecule has 5 fully saturated rings. The van der Waals surface area contributed by atoms with Crippen LogP contribution in [0.3, 0.4) is 0 Å². The molecular weight excluding hydrogens is 1830 g/mol. The van der Waals surface area contributed by atoms with Crippen molar-refractivity contribution in [2.45, 2.75) is 132 Å². The van der Waals surface area contributed by atoms with Crippen molar-refractivity contribution >= 4 is 85.6 Å². The number of imidazole rings is 3. The molecule has 5 aliphatic heterocycles. The minimum absolute atomic E-state index is 0.0188. The molecule has 38 heteroatoms. The number of aryl methyl sites for hydroxylation is 1. The number of pyridine rings is 1. The Morgan fingerprint density at radius 3 is 1.23 bits per heavy atom.